The molecule has 0 aliphatic carbocycles. The van der Waals surface area contributed by atoms with E-state index in [1.165, 1.54) is 36.4 Å². The van der Waals surface area contributed by atoms with Crippen LogP contribution in [-0.4, -0.2) is 16.8 Å². The van der Waals surface area contributed by atoms with Crippen molar-refractivity contribution in [2.45, 2.75) is 16.7 Å². The average Bonchev–Trinajstić information content (AvgIpc) is 2.65. The molecule has 6 nitrogen and oxygen atoms in total. The Balaban J connectivity index is 1.95. The molecule has 0 aromatic heterocycles. The first-order valence-corrected chi connectivity index (χ1v) is 12.4. The molecule has 0 saturated carbocycles. The predicted octanol–water partition coefficient (Wildman–Crippen LogP) is 5.01. The molecule has 0 spiro atoms. The van der Waals surface area contributed by atoms with Gasteiger partial charge in [-0.2, -0.15) is 0 Å². The van der Waals surface area contributed by atoms with Gasteiger partial charge < -0.3 is 0 Å². The van der Waals surface area contributed by atoms with Gasteiger partial charge in [0.15, 0.2) is 0 Å². The number of rotatable bonds is 6. The van der Waals surface area contributed by atoms with Crippen molar-refractivity contribution in [2.75, 3.05) is 9.44 Å². The number of benzene rings is 3. The highest BCUT2D eigenvalue weighted by Crippen LogP contribution is 2.28. The minimum Gasteiger partial charge on any atom is -0.280 e. The first kappa shape index (κ1) is 21.6. The highest BCUT2D eigenvalue weighted by molar-refractivity contribution is 9.10. The zero-order valence-electron chi connectivity index (χ0n) is 15.1. The summed E-state index contributed by atoms with van der Waals surface area (Å²) in [7, 11) is -7.89. The van der Waals surface area contributed by atoms with E-state index >= 15 is 0 Å². The number of hydrogen-bond donors (Lipinski definition) is 2. The largest absolute Gasteiger partial charge is 0.280 e. The van der Waals surface area contributed by atoms with Crippen molar-refractivity contribution < 1.29 is 16.8 Å². The maximum atomic E-state index is 12.9. The van der Waals surface area contributed by atoms with Crippen molar-refractivity contribution in [2.24, 2.45) is 0 Å². The van der Waals surface area contributed by atoms with Gasteiger partial charge in [0.2, 0.25) is 0 Å². The molecular weight excluding hydrogens is 500 g/mol. The van der Waals surface area contributed by atoms with Crippen molar-refractivity contribution in [3.8, 4) is 0 Å². The lowest BCUT2D eigenvalue weighted by Gasteiger charge is -2.14. The molecule has 0 atom stereocenters. The van der Waals surface area contributed by atoms with E-state index in [0.717, 1.165) is 0 Å². The third-order valence-corrected chi connectivity index (χ3v) is 7.66. The van der Waals surface area contributed by atoms with Crippen molar-refractivity contribution in [1.82, 2.24) is 0 Å². The summed E-state index contributed by atoms with van der Waals surface area (Å²) >= 11 is 9.27. The summed E-state index contributed by atoms with van der Waals surface area (Å²) in [5.41, 5.74) is 0.804. The molecule has 0 bridgehead atoms. The van der Waals surface area contributed by atoms with Crippen LogP contribution < -0.4 is 9.44 Å². The highest BCUT2D eigenvalue weighted by atomic mass is 79.9. The first-order valence-electron chi connectivity index (χ1n) is 8.25. The minimum atomic E-state index is -3.99. The van der Waals surface area contributed by atoms with E-state index in [2.05, 4.69) is 25.4 Å². The van der Waals surface area contributed by atoms with Crippen molar-refractivity contribution in [3.05, 3.63) is 81.8 Å². The van der Waals surface area contributed by atoms with Crippen LogP contribution in [0.1, 0.15) is 5.56 Å². The molecule has 0 aliphatic rings. The summed E-state index contributed by atoms with van der Waals surface area (Å²) in [6.07, 6.45) is 0. The van der Waals surface area contributed by atoms with Crippen LogP contribution in [0.15, 0.2) is 81.0 Å². The van der Waals surface area contributed by atoms with Gasteiger partial charge in [0, 0.05) is 4.47 Å². The molecule has 3 rings (SSSR count). The molecule has 3 aromatic carbocycles. The Hall–Kier alpha value is -2.07. The van der Waals surface area contributed by atoms with E-state index in [4.69, 9.17) is 11.6 Å². The highest BCUT2D eigenvalue weighted by Gasteiger charge is 2.21. The van der Waals surface area contributed by atoms with E-state index < -0.39 is 20.0 Å². The van der Waals surface area contributed by atoms with Gasteiger partial charge in [-0.1, -0.05) is 51.8 Å². The van der Waals surface area contributed by atoms with Gasteiger partial charge in [0.05, 0.1) is 26.2 Å². The molecule has 0 unspecified atom stereocenters. The Morgan fingerprint density at radius 1 is 0.828 bits per heavy atom. The molecule has 0 saturated heterocycles. The quantitative estimate of drug-likeness (QED) is 0.482. The zero-order chi connectivity index (χ0) is 21.2. The van der Waals surface area contributed by atoms with Crippen LogP contribution in [0.2, 0.25) is 5.02 Å². The standard InChI is InChI=1S/C19H16BrClN2O4S2/c1-13-9-10-15(22-28(24,25)16-6-4-5-14(20)11-16)12-19(13)29(26,27)23-18-8-3-2-7-17(18)21/h2-12,22-23H,1H3. The summed E-state index contributed by atoms with van der Waals surface area (Å²) in [6, 6.07) is 16.9. The molecule has 2 N–H and O–H groups in total. The molecular formula is C19H16BrClN2O4S2. The SMILES string of the molecule is Cc1ccc(NS(=O)(=O)c2cccc(Br)c2)cc1S(=O)(=O)Nc1ccccc1Cl. The van der Waals surface area contributed by atoms with Gasteiger partial charge in [0.25, 0.3) is 20.0 Å². The molecule has 0 aliphatic heterocycles. The van der Waals surface area contributed by atoms with E-state index in [0.29, 0.717) is 10.0 Å². The van der Waals surface area contributed by atoms with Gasteiger partial charge in [0.1, 0.15) is 0 Å². The number of para-hydroxylation sites is 1. The van der Waals surface area contributed by atoms with Gasteiger partial charge in [-0.25, -0.2) is 16.8 Å². The maximum Gasteiger partial charge on any atom is 0.262 e. The van der Waals surface area contributed by atoms with Crippen molar-refractivity contribution in [1.29, 1.82) is 0 Å². The van der Waals surface area contributed by atoms with E-state index in [9.17, 15) is 16.8 Å². The lowest BCUT2D eigenvalue weighted by molar-refractivity contribution is 0.598. The van der Waals surface area contributed by atoms with Crippen LogP contribution in [0.4, 0.5) is 11.4 Å². The lowest BCUT2D eigenvalue weighted by Crippen LogP contribution is -2.16. The fourth-order valence-corrected chi connectivity index (χ4v) is 5.78. The van der Waals surface area contributed by atoms with Crippen LogP contribution >= 0.6 is 27.5 Å². The zero-order valence-corrected chi connectivity index (χ0v) is 19.0. The lowest BCUT2D eigenvalue weighted by atomic mass is 10.2. The summed E-state index contributed by atoms with van der Waals surface area (Å²) in [5.74, 6) is 0. The molecule has 3 aromatic rings. The Kier molecular flexibility index (Phi) is 6.23. The van der Waals surface area contributed by atoms with Crippen molar-refractivity contribution >= 4 is 59.0 Å². The van der Waals surface area contributed by atoms with Crippen LogP contribution in [0.3, 0.4) is 0 Å². The van der Waals surface area contributed by atoms with Gasteiger partial charge in [-0.15, -0.1) is 0 Å². The number of nitrogens with one attached hydrogen (secondary N) is 2. The normalized spacial score (nSPS) is 11.8. The summed E-state index contributed by atoms with van der Waals surface area (Å²) in [4.78, 5) is -0.0158. The molecule has 0 heterocycles. The van der Waals surface area contributed by atoms with Crippen LogP contribution in [0.25, 0.3) is 0 Å². The molecule has 0 radical (unpaired) electrons. The third kappa shape index (κ3) is 5.11. The Bertz CT molecular complexity index is 1280. The second kappa shape index (κ2) is 8.35. The fraction of sp³-hybridized carbons (Fsp3) is 0.0526. The topological polar surface area (TPSA) is 92.3 Å². The number of halogens is 2. The second-order valence-electron chi connectivity index (χ2n) is 6.13. The van der Waals surface area contributed by atoms with E-state index in [1.54, 1.807) is 37.3 Å². The number of hydrogen-bond acceptors (Lipinski definition) is 4. The third-order valence-electron chi connectivity index (χ3n) is 3.95. The van der Waals surface area contributed by atoms with Gasteiger partial charge in [-0.05, 0) is 55.0 Å². The molecule has 0 fully saturated rings. The predicted molar refractivity (Wildman–Crippen MR) is 118 cm³/mol. The number of sulfonamides is 2. The second-order valence-corrected chi connectivity index (χ2v) is 10.8. The molecule has 152 valence electrons. The molecule has 29 heavy (non-hydrogen) atoms. The minimum absolute atomic E-state index is 0.0473. The average molecular weight is 516 g/mol. The fourth-order valence-electron chi connectivity index (χ4n) is 2.55. The number of aryl methyl sites for hydroxylation is 1. The Morgan fingerprint density at radius 3 is 2.24 bits per heavy atom. The van der Waals surface area contributed by atoms with Gasteiger partial charge >= 0.3 is 0 Å². The van der Waals surface area contributed by atoms with Crippen LogP contribution in [0.5, 0.6) is 0 Å². The maximum absolute atomic E-state index is 12.9. The molecule has 10 heteroatoms. The first-order chi connectivity index (χ1) is 13.6. The van der Waals surface area contributed by atoms with E-state index in [1.807, 2.05) is 0 Å². The monoisotopic (exact) mass is 514 g/mol. The van der Waals surface area contributed by atoms with Crippen LogP contribution in [-0.2, 0) is 20.0 Å². The Morgan fingerprint density at radius 2 is 1.55 bits per heavy atom. The summed E-state index contributed by atoms with van der Waals surface area (Å²) < 4.78 is 56.4. The van der Waals surface area contributed by atoms with Gasteiger partial charge in [-0.3, -0.25) is 9.44 Å². The summed E-state index contributed by atoms with van der Waals surface area (Å²) in [6.45, 7) is 1.62. The summed E-state index contributed by atoms with van der Waals surface area (Å²) in [5, 5.41) is 0.250. The smallest absolute Gasteiger partial charge is 0.262 e. The molecule has 0 amide bonds. The van der Waals surface area contributed by atoms with Crippen LogP contribution in [0, 0.1) is 6.92 Å². The van der Waals surface area contributed by atoms with Crippen molar-refractivity contribution in [3.63, 3.8) is 0 Å². The Labute approximate surface area is 183 Å². The number of anilines is 2. The van der Waals surface area contributed by atoms with E-state index in [-0.39, 0.29) is 26.2 Å².